The quantitative estimate of drug-likeness (QED) is 0.730. The molecule has 0 aromatic heterocycles. The van der Waals surface area contributed by atoms with Crippen molar-refractivity contribution in [3.05, 3.63) is 42.0 Å². The van der Waals surface area contributed by atoms with Crippen LogP contribution < -0.4 is 0 Å². The van der Waals surface area contributed by atoms with Gasteiger partial charge in [0.15, 0.2) is 0 Å². The zero-order valence-electron chi connectivity index (χ0n) is 10.4. The topological polar surface area (TPSA) is 23.8 Å². The standard InChI is InChI=1S/C15H19N/c1-12-6-8-14(9-7-12)13(2)15(3,4)10-5-11-16/h6-9H,2,5,10H2,1,3-4H3. The Morgan fingerprint density at radius 2 is 1.88 bits per heavy atom. The number of allylic oxidation sites excluding steroid dienone is 1. The molecule has 1 rings (SSSR count). The molecule has 0 aliphatic rings. The van der Waals surface area contributed by atoms with Crippen molar-refractivity contribution in [1.82, 2.24) is 0 Å². The summed E-state index contributed by atoms with van der Waals surface area (Å²) in [5.41, 5.74) is 3.54. The van der Waals surface area contributed by atoms with E-state index in [2.05, 4.69) is 57.7 Å². The van der Waals surface area contributed by atoms with Crippen LogP contribution in [0.3, 0.4) is 0 Å². The van der Waals surface area contributed by atoms with Crippen LogP contribution in [0.2, 0.25) is 0 Å². The van der Waals surface area contributed by atoms with Gasteiger partial charge in [0.05, 0.1) is 6.07 Å². The molecular weight excluding hydrogens is 194 g/mol. The minimum absolute atomic E-state index is 0.00894. The highest BCUT2D eigenvalue weighted by molar-refractivity contribution is 5.67. The molecule has 0 heterocycles. The van der Waals surface area contributed by atoms with E-state index in [0.29, 0.717) is 6.42 Å². The summed E-state index contributed by atoms with van der Waals surface area (Å²) in [6, 6.07) is 10.6. The molecule has 0 aliphatic carbocycles. The Bertz CT molecular complexity index is 404. The number of nitrogens with zero attached hydrogens (tertiary/aromatic N) is 1. The molecule has 1 heteroatoms. The monoisotopic (exact) mass is 213 g/mol. The van der Waals surface area contributed by atoms with Crippen LogP contribution in [0.15, 0.2) is 30.8 Å². The van der Waals surface area contributed by atoms with Crippen LogP contribution in [-0.2, 0) is 0 Å². The number of hydrogen-bond acceptors (Lipinski definition) is 1. The molecule has 1 aromatic carbocycles. The maximum atomic E-state index is 8.64. The molecule has 0 fully saturated rings. The van der Waals surface area contributed by atoms with Crippen molar-refractivity contribution in [3.8, 4) is 6.07 Å². The SMILES string of the molecule is C=C(c1ccc(C)cc1)C(C)(C)CCC#N. The normalized spacial score (nSPS) is 10.9. The van der Waals surface area contributed by atoms with Crippen molar-refractivity contribution in [1.29, 1.82) is 5.26 Å². The Balaban J connectivity index is 2.85. The molecule has 1 aromatic rings. The van der Waals surface area contributed by atoms with E-state index in [1.165, 1.54) is 11.1 Å². The summed E-state index contributed by atoms with van der Waals surface area (Å²) in [5.74, 6) is 0. The van der Waals surface area contributed by atoms with E-state index in [0.717, 1.165) is 12.0 Å². The van der Waals surface area contributed by atoms with Gasteiger partial charge in [-0.2, -0.15) is 5.26 Å². The molecule has 0 aliphatic heterocycles. The molecule has 1 nitrogen and oxygen atoms in total. The fraction of sp³-hybridized carbons (Fsp3) is 0.400. The Labute approximate surface area is 98.4 Å². The zero-order valence-corrected chi connectivity index (χ0v) is 10.4. The predicted molar refractivity (Wildman–Crippen MR) is 68.8 cm³/mol. The Hall–Kier alpha value is -1.55. The minimum atomic E-state index is -0.00894. The summed E-state index contributed by atoms with van der Waals surface area (Å²) in [4.78, 5) is 0. The molecule has 84 valence electrons. The van der Waals surface area contributed by atoms with Crippen molar-refractivity contribution < 1.29 is 0 Å². The van der Waals surface area contributed by atoms with E-state index >= 15 is 0 Å². The van der Waals surface area contributed by atoms with Crippen molar-refractivity contribution >= 4 is 5.57 Å². The maximum absolute atomic E-state index is 8.64. The summed E-state index contributed by atoms with van der Waals surface area (Å²) >= 11 is 0. The highest BCUT2D eigenvalue weighted by atomic mass is 14.3. The van der Waals surface area contributed by atoms with E-state index in [9.17, 15) is 0 Å². The molecular formula is C15H19N. The third-order valence-electron chi connectivity index (χ3n) is 3.08. The Morgan fingerprint density at radius 1 is 1.31 bits per heavy atom. The smallest absolute Gasteiger partial charge is 0.0622 e. The van der Waals surface area contributed by atoms with Crippen LogP contribution in [0.4, 0.5) is 0 Å². The van der Waals surface area contributed by atoms with Crippen molar-refractivity contribution in [2.45, 2.75) is 33.6 Å². The predicted octanol–water partition coefficient (Wildman–Crippen LogP) is 4.34. The Kier molecular flexibility index (Phi) is 3.90. The van der Waals surface area contributed by atoms with Crippen LogP contribution in [-0.4, -0.2) is 0 Å². The lowest BCUT2D eigenvalue weighted by molar-refractivity contribution is 0.464. The zero-order chi connectivity index (χ0) is 12.2. The average Bonchev–Trinajstić information content (AvgIpc) is 2.26. The van der Waals surface area contributed by atoms with Crippen LogP contribution in [0, 0.1) is 23.7 Å². The number of hydrogen-bond donors (Lipinski definition) is 0. The van der Waals surface area contributed by atoms with Gasteiger partial charge in [-0.3, -0.25) is 0 Å². The highest BCUT2D eigenvalue weighted by Gasteiger charge is 2.22. The second kappa shape index (κ2) is 4.99. The highest BCUT2D eigenvalue weighted by Crippen LogP contribution is 2.37. The number of nitriles is 1. The van der Waals surface area contributed by atoms with Gasteiger partial charge in [0.1, 0.15) is 0 Å². The van der Waals surface area contributed by atoms with Crippen molar-refractivity contribution in [3.63, 3.8) is 0 Å². The van der Waals surface area contributed by atoms with E-state index in [1.807, 2.05) is 0 Å². The van der Waals surface area contributed by atoms with Crippen LogP contribution >= 0.6 is 0 Å². The fourth-order valence-electron chi connectivity index (χ4n) is 1.66. The first-order chi connectivity index (χ1) is 7.47. The summed E-state index contributed by atoms with van der Waals surface area (Å²) in [5, 5.41) is 8.64. The van der Waals surface area contributed by atoms with Gasteiger partial charge in [-0.15, -0.1) is 0 Å². The van der Waals surface area contributed by atoms with Crippen molar-refractivity contribution in [2.24, 2.45) is 5.41 Å². The number of benzene rings is 1. The largest absolute Gasteiger partial charge is 0.198 e. The van der Waals surface area contributed by atoms with E-state index < -0.39 is 0 Å². The number of rotatable bonds is 4. The van der Waals surface area contributed by atoms with Gasteiger partial charge in [0.2, 0.25) is 0 Å². The van der Waals surface area contributed by atoms with Crippen molar-refractivity contribution in [2.75, 3.05) is 0 Å². The van der Waals surface area contributed by atoms with Gasteiger partial charge in [-0.25, -0.2) is 0 Å². The third-order valence-corrected chi connectivity index (χ3v) is 3.08. The minimum Gasteiger partial charge on any atom is -0.198 e. The summed E-state index contributed by atoms with van der Waals surface area (Å²) in [6.45, 7) is 10.5. The molecule has 0 unspecified atom stereocenters. The van der Waals surface area contributed by atoms with E-state index in [1.54, 1.807) is 0 Å². The van der Waals surface area contributed by atoms with Gasteiger partial charge in [-0.1, -0.05) is 50.3 Å². The molecule has 16 heavy (non-hydrogen) atoms. The first-order valence-electron chi connectivity index (χ1n) is 5.61. The summed E-state index contributed by atoms with van der Waals surface area (Å²) in [7, 11) is 0. The maximum Gasteiger partial charge on any atom is 0.0622 e. The van der Waals surface area contributed by atoms with Gasteiger partial charge >= 0.3 is 0 Å². The van der Waals surface area contributed by atoms with Crippen LogP contribution in [0.25, 0.3) is 5.57 Å². The molecule has 0 saturated heterocycles. The molecule has 0 bridgehead atoms. The van der Waals surface area contributed by atoms with E-state index in [-0.39, 0.29) is 5.41 Å². The fourth-order valence-corrected chi connectivity index (χ4v) is 1.66. The first-order valence-corrected chi connectivity index (χ1v) is 5.61. The molecule has 0 amide bonds. The average molecular weight is 213 g/mol. The molecule has 0 radical (unpaired) electrons. The van der Waals surface area contributed by atoms with E-state index in [4.69, 9.17) is 5.26 Å². The second-order valence-corrected chi connectivity index (χ2v) is 4.89. The number of aryl methyl sites for hydroxylation is 1. The third kappa shape index (κ3) is 2.97. The molecule has 0 atom stereocenters. The van der Waals surface area contributed by atoms with Gasteiger partial charge in [-0.05, 0) is 29.9 Å². The van der Waals surface area contributed by atoms with Gasteiger partial charge in [0, 0.05) is 6.42 Å². The molecule has 0 spiro atoms. The van der Waals surface area contributed by atoms with Crippen LogP contribution in [0.5, 0.6) is 0 Å². The summed E-state index contributed by atoms with van der Waals surface area (Å²) < 4.78 is 0. The molecule has 0 saturated carbocycles. The van der Waals surface area contributed by atoms with Gasteiger partial charge < -0.3 is 0 Å². The Morgan fingerprint density at radius 3 is 2.38 bits per heavy atom. The lowest BCUT2D eigenvalue weighted by Crippen LogP contribution is -2.12. The lowest BCUT2D eigenvalue weighted by Gasteiger charge is -2.26. The second-order valence-electron chi connectivity index (χ2n) is 4.89. The van der Waals surface area contributed by atoms with Crippen LogP contribution in [0.1, 0.15) is 37.8 Å². The first kappa shape index (κ1) is 12.5. The molecule has 0 N–H and O–H groups in total. The summed E-state index contributed by atoms with van der Waals surface area (Å²) in [6.07, 6.45) is 1.44. The van der Waals surface area contributed by atoms with Gasteiger partial charge in [0.25, 0.3) is 0 Å². The lowest BCUT2D eigenvalue weighted by atomic mass is 9.78.